The first-order chi connectivity index (χ1) is 19.4. The molecule has 1 aromatic heterocycles. The number of rotatable bonds is 9. The van der Waals surface area contributed by atoms with Crippen LogP contribution in [0.1, 0.15) is 34.4 Å². The van der Waals surface area contributed by atoms with Gasteiger partial charge in [-0.15, -0.1) is 0 Å². The van der Waals surface area contributed by atoms with Crippen molar-refractivity contribution in [2.24, 2.45) is 0 Å². The van der Waals surface area contributed by atoms with E-state index in [1.165, 1.54) is 25.3 Å². The number of fused-ring (bicyclic) bond motifs is 1. The SMILES string of the molecule is CCOc1cc(/C=C2\NC(=O)N(Cc3ccc(C(=O)OC)o3)C2=O)cc(Cl)c1OCc1cccc2ccccc12. The molecular formula is C30H25ClN2O7. The summed E-state index contributed by atoms with van der Waals surface area (Å²) in [6.07, 6.45) is 1.51. The van der Waals surface area contributed by atoms with E-state index in [-0.39, 0.29) is 35.4 Å². The fourth-order valence-corrected chi connectivity index (χ4v) is 4.63. The first-order valence-corrected chi connectivity index (χ1v) is 12.8. The van der Waals surface area contributed by atoms with Gasteiger partial charge in [-0.25, -0.2) is 9.59 Å². The summed E-state index contributed by atoms with van der Waals surface area (Å²) in [6, 6.07) is 19.7. The number of urea groups is 1. The minimum atomic E-state index is -0.657. The number of hydrogen-bond acceptors (Lipinski definition) is 7. The third-order valence-electron chi connectivity index (χ3n) is 6.22. The zero-order chi connectivity index (χ0) is 28.2. The second kappa shape index (κ2) is 11.5. The minimum Gasteiger partial charge on any atom is -0.490 e. The van der Waals surface area contributed by atoms with Crippen molar-refractivity contribution in [3.8, 4) is 11.5 Å². The molecule has 0 spiro atoms. The highest BCUT2D eigenvalue weighted by molar-refractivity contribution is 6.32. The Balaban J connectivity index is 1.36. The van der Waals surface area contributed by atoms with E-state index in [1.807, 2.05) is 49.4 Å². The van der Waals surface area contributed by atoms with Gasteiger partial charge in [0, 0.05) is 0 Å². The van der Waals surface area contributed by atoms with Crippen LogP contribution in [0, 0.1) is 0 Å². The van der Waals surface area contributed by atoms with Crippen molar-refractivity contribution < 1.29 is 33.0 Å². The number of nitrogens with zero attached hydrogens (tertiary/aromatic N) is 1. The summed E-state index contributed by atoms with van der Waals surface area (Å²) in [5.41, 5.74) is 1.58. The number of halogens is 1. The highest BCUT2D eigenvalue weighted by Crippen LogP contribution is 2.38. The molecule has 1 N–H and O–H groups in total. The van der Waals surface area contributed by atoms with Crippen molar-refractivity contribution in [3.63, 3.8) is 0 Å². The van der Waals surface area contributed by atoms with Gasteiger partial charge in [0.25, 0.3) is 5.91 Å². The van der Waals surface area contributed by atoms with Crippen molar-refractivity contribution in [2.75, 3.05) is 13.7 Å². The van der Waals surface area contributed by atoms with E-state index >= 15 is 0 Å². The number of imide groups is 1. The van der Waals surface area contributed by atoms with Crippen LogP contribution in [0.5, 0.6) is 11.5 Å². The number of hydrogen-bond donors (Lipinski definition) is 1. The zero-order valence-electron chi connectivity index (χ0n) is 21.7. The maximum atomic E-state index is 13.0. The number of nitrogens with one attached hydrogen (secondary N) is 1. The molecule has 1 fully saturated rings. The monoisotopic (exact) mass is 560 g/mol. The molecule has 4 aromatic rings. The predicted molar refractivity (Wildman–Crippen MR) is 148 cm³/mol. The fourth-order valence-electron chi connectivity index (χ4n) is 4.35. The van der Waals surface area contributed by atoms with E-state index in [0.717, 1.165) is 21.2 Å². The Kier molecular flexibility index (Phi) is 7.75. The number of benzene rings is 3. The Hall–Kier alpha value is -4.76. The van der Waals surface area contributed by atoms with Crippen molar-refractivity contribution in [3.05, 3.63) is 100 Å². The van der Waals surface area contributed by atoms with Crippen LogP contribution in [0.15, 0.2) is 76.8 Å². The molecule has 1 aliphatic rings. The lowest BCUT2D eigenvalue weighted by Gasteiger charge is -2.15. The van der Waals surface area contributed by atoms with Crippen LogP contribution < -0.4 is 14.8 Å². The molecule has 9 nitrogen and oxygen atoms in total. The lowest BCUT2D eigenvalue weighted by atomic mass is 10.1. The Morgan fingerprint density at radius 2 is 1.85 bits per heavy atom. The normalized spacial score (nSPS) is 14.1. The van der Waals surface area contributed by atoms with E-state index in [1.54, 1.807) is 12.1 Å². The summed E-state index contributed by atoms with van der Waals surface area (Å²) in [5, 5.41) is 5.04. The summed E-state index contributed by atoms with van der Waals surface area (Å²) in [4.78, 5) is 38.1. The fraction of sp³-hybridized carbons (Fsp3) is 0.167. The second-order valence-electron chi connectivity index (χ2n) is 8.83. The molecule has 0 saturated carbocycles. The molecule has 3 amide bonds. The summed E-state index contributed by atoms with van der Waals surface area (Å²) in [5.74, 6) is -0.217. The molecule has 204 valence electrons. The molecule has 0 unspecified atom stereocenters. The van der Waals surface area contributed by atoms with Gasteiger partial charge in [-0.2, -0.15) is 0 Å². The van der Waals surface area contributed by atoms with E-state index < -0.39 is 17.9 Å². The lowest BCUT2D eigenvalue weighted by molar-refractivity contribution is -0.123. The number of amides is 3. The molecule has 10 heteroatoms. The van der Waals surface area contributed by atoms with Gasteiger partial charge in [-0.05, 0) is 59.2 Å². The maximum Gasteiger partial charge on any atom is 0.373 e. The van der Waals surface area contributed by atoms with Gasteiger partial charge in [-0.3, -0.25) is 9.69 Å². The van der Waals surface area contributed by atoms with Crippen molar-refractivity contribution >= 4 is 46.4 Å². The number of esters is 1. The zero-order valence-corrected chi connectivity index (χ0v) is 22.5. The maximum absolute atomic E-state index is 13.0. The number of ether oxygens (including phenoxy) is 3. The largest absolute Gasteiger partial charge is 0.490 e. The molecule has 0 aliphatic carbocycles. The van der Waals surface area contributed by atoms with Gasteiger partial charge in [0.2, 0.25) is 5.76 Å². The van der Waals surface area contributed by atoms with Crippen molar-refractivity contribution in [2.45, 2.75) is 20.1 Å². The van der Waals surface area contributed by atoms with E-state index in [0.29, 0.717) is 23.7 Å². The molecule has 0 atom stereocenters. The molecule has 0 radical (unpaired) electrons. The highest BCUT2D eigenvalue weighted by atomic mass is 35.5. The van der Waals surface area contributed by atoms with Crippen molar-refractivity contribution in [1.82, 2.24) is 10.2 Å². The number of carbonyl (C=O) groups is 3. The molecule has 40 heavy (non-hydrogen) atoms. The summed E-state index contributed by atoms with van der Waals surface area (Å²) in [7, 11) is 1.23. The summed E-state index contributed by atoms with van der Waals surface area (Å²) < 4.78 is 21.9. The Labute approximate surface area is 234 Å². The van der Waals surface area contributed by atoms with Gasteiger partial charge in [0.1, 0.15) is 18.1 Å². The van der Waals surface area contributed by atoms with Crippen molar-refractivity contribution in [1.29, 1.82) is 0 Å². The molecule has 1 aliphatic heterocycles. The first-order valence-electron chi connectivity index (χ1n) is 12.4. The van der Waals surface area contributed by atoms with Crippen LogP contribution in [0.4, 0.5) is 4.79 Å². The summed E-state index contributed by atoms with van der Waals surface area (Å²) >= 11 is 6.61. The van der Waals surface area contributed by atoms with Gasteiger partial charge in [0.15, 0.2) is 11.5 Å². The number of furan rings is 1. The Bertz CT molecular complexity index is 1640. The smallest absolute Gasteiger partial charge is 0.373 e. The first kappa shape index (κ1) is 26.8. The molecule has 2 heterocycles. The Morgan fingerprint density at radius 1 is 1.05 bits per heavy atom. The molecular weight excluding hydrogens is 536 g/mol. The van der Waals surface area contributed by atoms with Gasteiger partial charge in [-0.1, -0.05) is 54.1 Å². The minimum absolute atomic E-state index is 0.0267. The molecule has 1 saturated heterocycles. The number of methoxy groups -OCH3 is 1. The number of carbonyl (C=O) groups excluding carboxylic acids is 3. The van der Waals surface area contributed by atoms with Crippen LogP contribution in [0.2, 0.25) is 5.02 Å². The van der Waals surface area contributed by atoms with E-state index in [4.69, 9.17) is 25.5 Å². The second-order valence-corrected chi connectivity index (χ2v) is 9.23. The lowest BCUT2D eigenvalue weighted by Crippen LogP contribution is -2.30. The van der Waals surface area contributed by atoms with Crippen LogP contribution in [0.25, 0.3) is 16.8 Å². The van der Waals surface area contributed by atoms with Gasteiger partial charge in [0.05, 0.1) is 25.3 Å². The van der Waals surface area contributed by atoms with E-state index in [2.05, 4.69) is 10.1 Å². The van der Waals surface area contributed by atoms with E-state index in [9.17, 15) is 14.4 Å². The predicted octanol–water partition coefficient (Wildman–Crippen LogP) is 5.94. The molecule has 3 aromatic carbocycles. The highest BCUT2D eigenvalue weighted by Gasteiger charge is 2.34. The van der Waals surface area contributed by atoms with Gasteiger partial charge < -0.3 is 23.9 Å². The van der Waals surface area contributed by atoms with Crippen LogP contribution in [-0.4, -0.2) is 36.5 Å². The molecule has 5 rings (SSSR count). The van der Waals surface area contributed by atoms with Crippen LogP contribution in [0.3, 0.4) is 0 Å². The topological polar surface area (TPSA) is 107 Å². The van der Waals surface area contributed by atoms with Crippen LogP contribution in [-0.2, 0) is 22.7 Å². The third-order valence-corrected chi connectivity index (χ3v) is 6.50. The average Bonchev–Trinajstić information content (AvgIpc) is 3.52. The Morgan fingerprint density at radius 3 is 2.65 bits per heavy atom. The third kappa shape index (κ3) is 5.50. The summed E-state index contributed by atoms with van der Waals surface area (Å²) in [6.45, 7) is 2.31. The quantitative estimate of drug-likeness (QED) is 0.153. The van der Waals surface area contributed by atoms with Crippen LogP contribution >= 0.6 is 11.6 Å². The molecule has 0 bridgehead atoms. The van der Waals surface area contributed by atoms with Gasteiger partial charge >= 0.3 is 12.0 Å². The average molecular weight is 561 g/mol. The standard InChI is InChI=1S/C30H25ClN2O7/c1-3-38-26-15-18(13-23(31)27(26)39-17-20-9-6-8-19-7-4-5-10-22(19)20)14-24-28(34)33(30(36)32-24)16-21-11-12-25(40-21)29(35)37-2/h4-15H,3,16-17H2,1-2H3,(H,32,36)/b24-14-.